The van der Waals surface area contributed by atoms with Crippen molar-refractivity contribution in [3.8, 4) is 0 Å². The lowest BCUT2D eigenvalue weighted by atomic mass is 10.1. The summed E-state index contributed by atoms with van der Waals surface area (Å²) in [6, 6.07) is 20.8. The van der Waals surface area contributed by atoms with Crippen molar-refractivity contribution < 1.29 is 61.0 Å². The van der Waals surface area contributed by atoms with Crippen LogP contribution in [0.25, 0.3) is 20.2 Å². The van der Waals surface area contributed by atoms with Crippen molar-refractivity contribution >= 4 is 51.9 Å². The van der Waals surface area contributed by atoms with Gasteiger partial charge in [-0.2, -0.15) is 47.9 Å². The molecule has 0 spiro atoms. The highest BCUT2D eigenvalue weighted by molar-refractivity contribution is 8.33. The molecule has 1 heterocycles. The lowest BCUT2D eigenvalue weighted by molar-refractivity contribution is -0.382. The third-order valence-corrected chi connectivity index (χ3v) is 14.4. The molecule has 0 aliphatic carbocycles. The Kier molecular flexibility index (Phi) is 9.88. The van der Waals surface area contributed by atoms with Crippen molar-refractivity contribution in [2.24, 2.45) is 0 Å². The van der Waals surface area contributed by atoms with Crippen LogP contribution in [0, 0.1) is 0 Å². The van der Waals surface area contributed by atoms with Crippen molar-refractivity contribution in [2.75, 3.05) is 14.2 Å². The maximum absolute atomic E-state index is 15.2. The number of hydrogen-bond acceptors (Lipinski definition) is 7. The average Bonchev–Trinajstić information content (AvgIpc) is 3.10. The third-order valence-electron chi connectivity index (χ3n) is 8.05. The Labute approximate surface area is 290 Å². The van der Waals surface area contributed by atoms with Crippen LogP contribution in [-0.4, -0.2) is 45.9 Å². The fraction of sp³-hybridized carbons (Fsp3) is 0.242. The molecule has 0 saturated carbocycles. The van der Waals surface area contributed by atoms with Gasteiger partial charge < -0.3 is 9.47 Å². The molecule has 4 aromatic carbocycles. The minimum absolute atomic E-state index is 0.107. The molecule has 51 heavy (non-hydrogen) atoms. The molecule has 0 N–H and O–H groups in total. The third kappa shape index (κ3) is 6.08. The zero-order valence-corrected chi connectivity index (χ0v) is 28.8. The van der Waals surface area contributed by atoms with Crippen LogP contribution in [0.5, 0.6) is 0 Å². The van der Waals surface area contributed by atoms with E-state index in [1.165, 1.54) is 62.8 Å². The van der Waals surface area contributed by atoms with Gasteiger partial charge in [0.15, 0.2) is 11.2 Å². The minimum atomic E-state index is -7.54. The van der Waals surface area contributed by atoms with Gasteiger partial charge in [0.2, 0.25) is 0 Å². The molecule has 0 bridgehead atoms. The zero-order chi connectivity index (χ0) is 37.8. The van der Waals surface area contributed by atoms with Crippen molar-refractivity contribution in [2.45, 2.75) is 50.7 Å². The summed E-state index contributed by atoms with van der Waals surface area (Å²) in [4.78, 5) is 13.0. The van der Waals surface area contributed by atoms with Crippen LogP contribution < -0.4 is 5.43 Å². The first kappa shape index (κ1) is 38.5. The van der Waals surface area contributed by atoms with Crippen molar-refractivity contribution in [3.05, 3.63) is 113 Å². The molecule has 1 aromatic heterocycles. The first-order valence-corrected chi connectivity index (χ1v) is 18.1. The molecule has 0 aliphatic rings. The molecule has 0 unspecified atom stereocenters. The van der Waals surface area contributed by atoms with Crippen LogP contribution in [-0.2, 0) is 29.0 Å². The van der Waals surface area contributed by atoms with E-state index in [2.05, 4.69) is 0 Å². The summed E-state index contributed by atoms with van der Waals surface area (Å²) in [6.45, 7) is 1.64. The first-order chi connectivity index (χ1) is 23.6. The van der Waals surface area contributed by atoms with Gasteiger partial charge >= 0.3 is 33.4 Å². The SMILES string of the molecule is COC(C)(OC)c1ccc2c(=O)c3cc(S(OS(=O)(=O)C(F)(F)C(F)(F)C(F)(F)C(F)(F)F)(c4ccccc4)c4ccccc4)ccc3sc2c1. The van der Waals surface area contributed by atoms with Crippen LogP contribution in [0.1, 0.15) is 12.5 Å². The van der Waals surface area contributed by atoms with Crippen LogP contribution >= 0.6 is 21.6 Å². The Morgan fingerprint density at radius 3 is 1.63 bits per heavy atom. The number of halogens is 9. The van der Waals surface area contributed by atoms with E-state index in [1.807, 2.05) is 0 Å². The molecule has 6 nitrogen and oxygen atoms in total. The monoisotopic (exact) mass is 784 g/mol. The maximum Gasteiger partial charge on any atom is 0.460 e. The van der Waals surface area contributed by atoms with E-state index < -0.39 is 54.9 Å². The van der Waals surface area contributed by atoms with E-state index in [1.54, 1.807) is 19.1 Å². The molecule has 18 heteroatoms. The summed E-state index contributed by atoms with van der Waals surface area (Å²) in [6.07, 6.45) is -7.28. The summed E-state index contributed by atoms with van der Waals surface area (Å²) >= 11 is 1.08. The maximum atomic E-state index is 15.2. The number of rotatable bonds is 11. The van der Waals surface area contributed by atoms with E-state index >= 15 is 8.78 Å². The molecule has 0 amide bonds. The largest absolute Gasteiger partial charge is 0.460 e. The highest BCUT2D eigenvalue weighted by atomic mass is 32.3. The molecule has 0 atom stereocenters. The Morgan fingerprint density at radius 2 is 1.14 bits per heavy atom. The Hall–Kier alpha value is -3.68. The predicted octanol–water partition coefficient (Wildman–Crippen LogP) is 9.85. The van der Waals surface area contributed by atoms with Crippen LogP contribution in [0.4, 0.5) is 39.5 Å². The molecule has 5 aromatic rings. The average molecular weight is 785 g/mol. The smallest absolute Gasteiger partial charge is 0.349 e. The number of fused-ring (bicyclic) bond motifs is 2. The first-order valence-electron chi connectivity index (χ1n) is 14.3. The number of ether oxygens (including phenoxy) is 2. The van der Waals surface area contributed by atoms with Gasteiger partial charge in [-0.25, -0.2) is 3.63 Å². The topological polar surface area (TPSA) is 78.9 Å². The predicted molar refractivity (Wildman–Crippen MR) is 173 cm³/mol. The highest BCUT2D eigenvalue weighted by Gasteiger charge is 2.86. The van der Waals surface area contributed by atoms with Gasteiger partial charge in [-0.1, -0.05) is 42.5 Å². The summed E-state index contributed by atoms with van der Waals surface area (Å²) in [5.74, 6) is -16.2. The molecule has 0 fully saturated rings. The molecular formula is C33H25F9O6S3. The lowest BCUT2D eigenvalue weighted by Crippen LogP contribution is -2.63. The second-order valence-electron chi connectivity index (χ2n) is 11.0. The van der Waals surface area contributed by atoms with E-state index in [4.69, 9.17) is 13.1 Å². The molecule has 0 radical (unpaired) electrons. The van der Waals surface area contributed by atoms with Crippen LogP contribution in [0.2, 0.25) is 0 Å². The molecular weight excluding hydrogens is 760 g/mol. The van der Waals surface area contributed by atoms with Crippen molar-refractivity contribution in [1.82, 2.24) is 0 Å². The lowest BCUT2D eigenvalue weighted by Gasteiger charge is -2.41. The second kappa shape index (κ2) is 13.1. The van der Waals surface area contributed by atoms with E-state index in [-0.39, 0.29) is 30.2 Å². The Morgan fingerprint density at radius 1 is 0.608 bits per heavy atom. The van der Waals surface area contributed by atoms with Gasteiger partial charge in [0.1, 0.15) is 0 Å². The van der Waals surface area contributed by atoms with E-state index in [9.17, 15) is 43.9 Å². The summed E-state index contributed by atoms with van der Waals surface area (Å²) in [5, 5.41) is -7.10. The van der Waals surface area contributed by atoms with Gasteiger partial charge in [-0.05, 0) is 71.8 Å². The Balaban J connectivity index is 1.81. The minimum Gasteiger partial charge on any atom is -0.349 e. The van der Waals surface area contributed by atoms with Crippen molar-refractivity contribution in [1.29, 1.82) is 0 Å². The van der Waals surface area contributed by atoms with Gasteiger partial charge in [-0.15, -0.1) is 11.3 Å². The second-order valence-corrected chi connectivity index (χ2v) is 16.6. The molecule has 274 valence electrons. The molecule has 5 rings (SSSR count). The number of benzene rings is 4. The molecule has 0 aliphatic heterocycles. The van der Waals surface area contributed by atoms with Crippen LogP contribution in [0.15, 0.2) is 117 Å². The molecule has 0 saturated heterocycles. The highest BCUT2D eigenvalue weighted by Crippen LogP contribution is 2.71. The standard InChI is InChI=1S/C33H25F9O6S3/c1-29(46-2,47-3)20-14-16-24-27(18-20)49-26-17-15-23(19-25(26)28(24)43)50(21-10-6-4-7-11-21,22-12-8-5-9-13-22)48-51(44,45)33(41,42)31(36,37)30(34,35)32(38,39)40/h4-19H,1-3H3. The van der Waals surface area contributed by atoms with Crippen molar-refractivity contribution in [3.63, 3.8) is 0 Å². The van der Waals surface area contributed by atoms with Crippen LogP contribution in [0.3, 0.4) is 0 Å². The van der Waals surface area contributed by atoms with Gasteiger partial charge in [0.05, 0.1) is 0 Å². The quantitative estimate of drug-likeness (QED) is 0.0754. The van der Waals surface area contributed by atoms with Gasteiger partial charge in [0, 0.05) is 54.6 Å². The normalized spacial score (nSPS) is 14.3. The summed E-state index contributed by atoms with van der Waals surface area (Å²) < 4.78 is 169. The fourth-order valence-corrected chi connectivity index (χ4v) is 11.4. The number of methoxy groups -OCH3 is 2. The zero-order valence-electron chi connectivity index (χ0n) is 26.3. The Bertz CT molecular complexity index is 2200. The number of hydrogen-bond donors (Lipinski definition) is 0. The van der Waals surface area contributed by atoms with Gasteiger partial charge in [0.25, 0.3) is 0 Å². The summed E-state index contributed by atoms with van der Waals surface area (Å²) in [5.41, 5.74) is -0.0988. The van der Waals surface area contributed by atoms with Gasteiger partial charge in [-0.3, -0.25) is 4.79 Å². The van der Waals surface area contributed by atoms with E-state index in [0.29, 0.717) is 10.3 Å². The van der Waals surface area contributed by atoms with E-state index in [0.717, 1.165) is 47.7 Å². The summed E-state index contributed by atoms with van der Waals surface area (Å²) in [7, 11) is -8.89. The fourth-order valence-electron chi connectivity index (χ4n) is 5.06. The number of alkyl halides is 9.